The van der Waals surface area contributed by atoms with E-state index < -0.39 is 17.5 Å². The van der Waals surface area contributed by atoms with Crippen LogP contribution in [-0.4, -0.2) is 26.7 Å². The smallest absolute Gasteiger partial charge is 0.325 e. The van der Waals surface area contributed by atoms with Crippen molar-refractivity contribution >= 4 is 28.8 Å². The standard InChI is InChI=1S/C18H16ClF3N4O/c1-10-4-5-11(13-9-26-15(23-13)7-6-14(19)25-26)8-12(10)24-16(27)17(2,3)18(20,21)22/h4-9H,1-3H3,(H,24,27). The van der Waals surface area contributed by atoms with E-state index in [4.69, 9.17) is 11.6 Å². The first-order valence-electron chi connectivity index (χ1n) is 8.00. The summed E-state index contributed by atoms with van der Waals surface area (Å²) in [6, 6.07) is 8.36. The number of carbonyl (C=O) groups is 1. The minimum Gasteiger partial charge on any atom is -0.325 e. The highest BCUT2D eigenvalue weighted by atomic mass is 35.5. The largest absolute Gasteiger partial charge is 0.402 e. The number of aryl methyl sites for hydroxylation is 1. The number of amides is 1. The molecule has 0 aliphatic rings. The van der Waals surface area contributed by atoms with Gasteiger partial charge in [0.1, 0.15) is 10.6 Å². The van der Waals surface area contributed by atoms with E-state index in [-0.39, 0.29) is 5.69 Å². The lowest BCUT2D eigenvalue weighted by atomic mass is 9.91. The Morgan fingerprint density at radius 3 is 2.56 bits per heavy atom. The van der Waals surface area contributed by atoms with Crippen LogP contribution < -0.4 is 5.32 Å². The summed E-state index contributed by atoms with van der Waals surface area (Å²) in [5.74, 6) is -1.13. The number of halogens is 4. The predicted molar refractivity (Wildman–Crippen MR) is 96.6 cm³/mol. The summed E-state index contributed by atoms with van der Waals surface area (Å²) in [5, 5.41) is 6.78. The molecule has 0 aliphatic carbocycles. The molecule has 0 unspecified atom stereocenters. The molecule has 0 radical (unpaired) electrons. The maximum absolute atomic E-state index is 13.1. The Kier molecular flexibility index (Phi) is 4.63. The van der Waals surface area contributed by atoms with Gasteiger partial charge in [0.05, 0.1) is 11.9 Å². The predicted octanol–water partition coefficient (Wildman–Crippen LogP) is 4.89. The fraction of sp³-hybridized carbons (Fsp3) is 0.278. The zero-order valence-electron chi connectivity index (χ0n) is 14.7. The molecular formula is C18H16ClF3N4O. The van der Waals surface area contributed by atoms with Crippen molar-refractivity contribution < 1.29 is 18.0 Å². The van der Waals surface area contributed by atoms with E-state index in [0.717, 1.165) is 13.8 Å². The number of rotatable bonds is 3. The molecule has 9 heteroatoms. The molecule has 142 valence electrons. The lowest BCUT2D eigenvalue weighted by molar-refractivity contribution is -0.208. The molecule has 3 rings (SSSR count). The average molecular weight is 397 g/mol. The molecule has 0 atom stereocenters. The molecule has 0 aliphatic heterocycles. The quantitative estimate of drug-likeness (QED) is 0.686. The van der Waals surface area contributed by atoms with Gasteiger partial charge in [-0.25, -0.2) is 9.50 Å². The van der Waals surface area contributed by atoms with Crippen molar-refractivity contribution in [1.29, 1.82) is 0 Å². The minimum atomic E-state index is -4.66. The van der Waals surface area contributed by atoms with Crippen molar-refractivity contribution in [3.05, 3.63) is 47.2 Å². The van der Waals surface area contributed by atoms with E-state index in [0.29, 0.717) is 27.6 Å². The highest BCUT2D eigenvalue weighted by molar-refractivity contribution is 6.29. The number of hydrogen-bond acceptors (Lipinski definition) is 3. The number of carbonyl (C=O) groups excluding carboxylic acids is 1. The second-order valence-electron chi connectivity index (χ2n) is 6.69. The van der Waals surface area contributed by atoms with Gasteiger partial charge >= 0.3 is 6.18 Å². The minimum absolute atomic E-state index is 0.290. The molecule has 1 N–H and O–H groups in total. The lowest BCUT2D eigenvalue weighted by Gasteiger charge is -2.26. The van der Waals surface area contributed by atoms with Gasteiger partial charge in [0.2, 0.25) is 5.91 Å². The van der Waals surface area contributed by atoms with Crippen LogP contribution in [0.2, 0.25) is 5.15 Å². The van der Waals surface area contributed by atoms with Gasteiger partial charge in [0, 0.05) is 11.3 Å². The number of fused-ring (bicyclic) bond motifs is 1. The topological polar surface area (TPSA) is 59.3 Å². The third-order valence-corrected chi connectivity index (χ3v) is 4.55. The van der Waals surface area contributed by atoms with Crippen LogP contribution in [-0.2, 0) is 4.79 Å². The Morgan fingerprint density at radius 2 is 1.89 bits per heavy atom. The normalized spacial score (nSPS) is 12.4. The lowest BCUT2D eigenvalue weighted by Crippen LogP contribution is -2.43. The number of alkyl halides is 3. The summed E-state index contributed by atoms with van der Waals surface area (Å²) >= 11 is 5.86. The van der Waals surface area contributed by atoms with Crippen LogP contribution in [0.1, 0.15) is 19.4 Å². The Labute approximate surface area is 158 Å². The van der Waals surface area contributed by atoms with Crippen LogP contribution in [0, 0.1) is 12.3 Å². The number of nitrogens with one attached hydrogen (secondary N) is 1. The average Bonchev–Trinajstić information content (AvgIpc) is 2.98. The third kappa shape index (κ3) is 3.62. The molecule has 0 bridgehead atoms. The van der Waals surface area contributed by atoms with Crippen molar-refractivity contribution in [3.8, 4) is 11.3 Å². The molecule has 3 aromatic rings. The Morgan fingerprint density at radius 1 is 1.19 bits per heavy atom. The van der Waals surface area contributed by atoms with Crippen molar-refractivity contribution in [2.45, 2.75) is 26.9 Å². The summed E-state index contributed by atoms with van der Waals surface area (Å²) in [5.41, 5.74) is 0.156. The summed E-state index contributed by atoms with van der Waals surface area (Å²) in [4.78, 5) is 16.6. The molecule has 0 fully saturated rings. The van der Waals surface area contributed by atoms with Crippen LogP contribution in [0.25, 0.3) is 16.9 Å². The van der Waals surface area contributed by atoms with Gasteiger partial charge in [-0.05, 0) is 44.5 Å². The summed E-state index contributed by atoms with van der Waals surface area (Å²) in [7, 11) is 0. The van der Waals surface area contributed by atoms with Crippen LogP contribution in [0.3, 0.4) is 0 Å². The first kappa shape index (κ1) is 19.2. The van der Waals surface area contributed by atoms with Gasteiger partial charge in [-0.15, -0.1) is 0 Å². The SMILES string of the molecule is Cc1ccc(-c2cn3nc(Cl)ccc3n2)cc1NC(=O)C(C)(C)C(F)(F)F. The Hall–Kier alpha value is -2.61. The van der Waals surface area contributed by atoms with Gasteiger partial charge in [-0.2, -0.15) is 18.3 Å². The molecule has 5 nitrogen and oxygen atoms in total. The van der Waals surface area contributed by atoms with Crippen molar-refractivity contribution in [3.63, 3.8) is 0 Å². The van der Waals surface area contributed by atoms with Crippen LogP contribution >= 0.6 is 11.6 Å². The summed E-state index contributed by atoms with van der Waals surface area (Å²) in [6.07, 6.45) is -3.01. The zero-order chi connectivity index (χ0) is 20.0. The van der Waals surface area contributed by atoms with E-state index in [9.17, 15) is 18.0 Å². The molecule has 27 heavy (non-hydrogen) atoms. The number of anilines is 1. The second kappa shape index (κ2) is 6.53. The van der Waals surface area contributed by atoms with Crippen LogP contribution in [0.4, 0.5) is 18.9 Å². The number of hydrogen-bond donors (Lipinski definition) is 1. The third-order valence-electron chi connectivity index (χ3n) is 4.35. The van der Waals surface area contributed by atoms with Crippen LogP contribution in [0.15, 0.2) is 36.5 Å². The molecular weight excluding hydrogens is 381 g/mol. The highest BCUT2D eigenvalue weighted by Crippen LogP contribution is 2.38. The van der Waals surface area contributed by atoms with E-state index in [1.165, 1.54) is 4.52 Å². The number of nitrogens with zero attached hydrogens (tertiary/aromatic N) is 3. The number of aromatic nitrogens is 3. The van der Waals surface area contributed by atoms with Crippen molar-refractivity contribution in [2.75, 3.05) is 5.32 Å². The number of imidazole rings is 1. The zero-order valence-corrected chi connectivity index (χ0v) is 15.5. The fourth-order valence-electron chi connectivity index (χ4n) is 2.32. The van der Waals surface area contributed by atoms with Crippen molar-refractivity contribution in [1.82, 2.24) is 14.6 Å². The molecule has 0 spiro atoms. The van der Waals surface area contributed by atoms with E-state index >= 15 is 0 Å². The molecule has 0 saturated carbocycles. The molecule has 0 saturated heterocycles. The van der Waals surface area contributed by atoms with E-state index in [2.05, 4.69) is 15.4 Å². The van der Waals surface area contributed by atoms with Gasteiger partial charge in [-0.3, -0.25) is 4.79 Å². The van der Waals surface area contributed by atoms with Gasteiger partial charge in [-0.1, -0.05) is 23.7 Å². The van der Waals surface area contributed by atoms with Crippen LogP contribution in [0.5, 0.6) is 0 Å². The van der Waals surface area contributed by atoms with Gasteiger partial charge in [0.15, 0.2) is 5.65 Å². The first-order valence-corrected chi connectivity index (χ1v) is 8.38. The first-order chi connectivity index (χ1) is 12.5. The Balaban J connectivity index is 1.95. The van der Waals surface area contributed by atoms with Gasteiger partial charge < -0.3 is 5.32 Å². The van der Waals surface area contributed by atoms with Crippen molar-refractivity contribution in [2.24, 2.45) is 5.41 Å². The molecule has 2 aromatic heterocycles. The maximum Gasteiger partial charge on any atom is 0.402 e. The monoisotopic (exact) mass is 396 g/mol. The maximum atomic E-state index is 13.1. The molecule has 2 heterocycles. The molecule has 1 aromatic carbocycles. The van der Waals surface area contributed by atoms with Gasteiger partial charge in [0.25, 0.3) is 0 Å². The molecule has 1 amide bonds. The second-order valence-corrected chi connectivity index (χ2v) is 7.08. The highest BCUT2D eigenvalue weighted by Gasteiger charge is 2.53. The fourth-order valence-corrected chi connectivity index (χ4v) is 2.47. The summed E-state index contributed by atoms with van der Waals surface area (Å²) < 4.78 is 40.8. The van der Waals surface area contributed by atoms with E-state index in [1.54, 1.807) is 43.5 Å². The summed E-state index contributed by atoms with van der Waals surface area (Å²) in [6.45, 7) is 3.39. The van der Waals surface area contributed by atoms with E-state index in [1.807, 2.05) is 0 Å². The number of benzene rings is 1. The Bertz CT molecular complexity index is 1030.